The van der Waals surface area contributed by atoms with E-state index in [1.54, 1.807) is 30.5 Å². The summed E-state index contributed by atoms with van der Waals surface area (Å²) in [7, 11) is 0. The number of nitrogen functional groups attached to an aromatic ring is 1. The molecule has 20 heavy (non-hydrogen) atoms. The van der Waals surface area contributed by atoms with Gasteiger partial charge in [0.25, 0.3) is 0 Å². The summed E-state index contributed by atoms with van der Waals surface area (Å²) in [5.74, 6) is -0.333. The molecule has 0 aliphatic carbocycles. The van der Waals surface area contributed by atoms with Gasteiger partial charge in [0, 0.05) is 21.7 Å². The number of anilines is 3. The Morgan fingerprint density at radius 2 is 1.90 bits per heavy atom. The predicted octanol–water partition coefficient (Wildman–Crippen LogP) is 4.46. The van der Waals surface area contributed by atoms with Gasteiger partial charge in [-0.15, -0.1) is 0 Å². The molecule has 1 aromatic heterocycles. The maximum Gasteiger partial charge on any atom is 0.147 e. The van der Waals surface area contributed by atoms with E-state index in [2.05, 4.69) is 26.2 Å². The molecule has 3 aromatic rings. The van der Waals surface area contributed by atoms with Gasteiger partial charge in [-0.05, 0) is 42.5 Å². The smallest absolute Gasteiger partial charge is 0.147 e. The van der Waals surface area contributed by atoms with E-state index >= 15 is 0 Å². The van der Waals surface area contributed by atoms with Crippen LogP contribution in [0.1, 0.15) is 0 Å². The van der Waals surface area contributed by atoms with Crippen LogP contribution in [-0.4, -0.2) is 4.98 Å². The van der Waals surface area contributed by atoms with Crippen molar-refractivity contribution >= 4 is 43.9 Å². The first-order chi connectivity index (χ1) is 9.65. The fraction of sp³-hybridized carbons (Fsp3) is 0. The molecule has 0 saturated heterocycles. The number of benzene rings is 2. The number of nitrogens with two attached hydrogens (primary N) is 1. The predicted molar refractivity (Wildman–Crippen MR) is 83.5 cm³/mol. The molecule has 0 unspecified atom stereocenters. The van der Waals surface area contributed by atoms with Crippen molar-refractivity contribution in [1.82, 2.24) is 4.98 Å². The lowest BCUT2D eigenvalue weighted by atomic mass is 10.1. The molecule has 2 aromatic carbocycles. The molecule has 0 saturated carbocycles. The van der Waals surface area contributed by atoms with Crippen LogP contribution >= 0.6 is 15.9 Å². The van der Waals surface area contributed by atoms with Crippen molar-refractivity contribution in [1.29, 1.82) is 0 Å². The highest BCUT2D eigenvalue weighted by molar-refractivity contribution is 9.10. The van der Waals surface area contributed by atoms with Crippen molar-refractivity contribution in [2.45, 2.75) is 0 Å². The van der Waals surface area contributed by atoms with Gasteiger partial charge < -0.3 is 11.1 Å². The Labute approximate surface area is 123 Å². The lowest BCUT2D eigenvalue weighted by Crippen LogP contribution is -1.97. The van der Waals surface area contributed by atoms with E-state index in [0.717, 1.165) is 16.6 Å². The number of rotatable bonds is 2. The highest BCUT2D eigenvalue weighted by Crippen LogP contribution is 2.30. The molecule has 0 fully saturated rings. The summed E-state index contributed by atoms with van der Waals surface area (Å²) in [4.78, 5) is 4.31. The van der Waals surface area contributed by atoms with E-state index in [1.165, 1.54) is 6.07 Å². The number of nitrogens with zero attached hydrogens (tertiary/aromatic N) is 1. The topological polar surface area (TPSA) is 50.9 Å². The average molecular weight is 332 g/mol. The number of pyridine rings is 1. The summed E-state index contributed by atoms with van der Waals surface area (Å²) in [6.45, 7) is 0. The van der Waals surface area contributed by atoms with Crippen molar-refractivity contribution in [3.63, 3.8) is 0 Å². The Hall–Kier alpha value is -2.14. The fourth-order valence-electron chi connectivity index (χ4n) is 2.03. The monoisotopic (exact) mass is 331 g/mol. The Kier molecular flexibility index (Phi) is 3.28. The SMILES string of the molecule is Nc1ccc(Nc2ccc(Br)cc2F)c2ncccc12. The highest BCUT2D eigenvalue weighted by atomic mass is 79.9. The van der Waals surface area contributed by atoms with Crippen LogP contribution < -0.4 is 11.1 Å². The molecule has 1 heterocycles. The Bertz CT molecular complexity index is 789. The number of aromatic nitrogens is 1. The van der Waals surface area contributed by atoms with Crippen molar-refractivity contribution < 1.29 is 4.39 Å². The summed E-state index contributed by atoms with van der Waals surface area (Å²) in [5, 5.41) is 3.90. The lowest BCUT2D eigenvalue weighted by molar-refractivity contribution is 0.631. The van der Waals surface area contributed by atoms with Crippen molar-refractivity contribution in [2.75, 3.05) is 11.1 Å². The zero-order chi connectivity index (χ0) is 14.1. The number of halogens is 2. The van der Waals surface area contributed by atoms with Gasteiger partial charge in [0.2, 0.25) is 0 Å². The third-order valence-corrected chi connectivity index (χ3v) is 3.50. The summed E-state index contributed by atoms with van der Waals surface area (Å²) in [6, 6.07) is 12.1. The molecule has 3 N–H and O–H groups in total. The van der Waals surface area contributed by atoms with Gasteiger partial charge in [-0.25, -0.2) is 4.39 Å². The molecule has 0 spiro atoms. The zero-order valence-corrected chi connectivity index (χ0v) is 12.0. The van der Waals surface area contributed by atoms with Gasteiger partial charge in [0.05, 0.1) is 16.9 Å². The van der Waals surface area contributed by atoms with E-state index in [0.29, 0.717) is 15.8 Å². The molecular formula is C15H11BrFN3. The van der Waals surface area contributed by atoms with Crippen LogP contribution in [0.15, 0.2) is 53.1 Å². The second kappa shape index (κ2) is 5.09. The minimum absolute atomic E-state index is 0.333. The number of nitrogens with one attached hydrogen (secondary N) is 1. The minimum Gasteiger partial charge on any atom is -0.398 e. The van der Waals surface area contributed by atoms with Gasteiger partial charge in [0.15, 0.2) is 0 Å². The molecule has 100 valence electrons. The third-order valence-electron chi connectivity index (χ3n) is 3.00. The number of hydrogen-bond donors (Lipinski definition) is 2. The van der Waals surface area contributed by atoms with Crippen LogP contribution in [-0.2, 0) is 0 Å². The molecule has 3 nitrogen and oxygen atoms in total. The maximum absolute atomic E-state index is 13.9. The van der Waals surface area contributed by atoms with E-state index in [-0.39, 0.29) is 5.82 Å². The molecule has 0 atom stereocenters. The highest BCUT2D eigenvalue weighted by Gasteiger charge is 2.08. The second-order valence-corrected chi connectivity index (χ2v) is 5.27. The first-order valence-electron chi connectivity index (χ1n) is 6.00. The normalized spacial score (nSPS) is 10.7. The number of fused-ring (bicyclic) bond motifs is 1. The summed E-state index contributed by atoms with van der Waals surface area (Å²) >= 11 is 3.23. The molecule has 0 aliphatic heterocycles. The van der Waals surface area contributed by atoms with E-state index in [1.807, 2.05) is 12.1 Å². The van der Waals surface area contributed by atoms with Gasteiger partial charge in [-0.3, -0.25) is 4.98 Å². The average Bonchev–Trinajstić information content (AvgIpc) is 2.45. The number of hydrogen-bond acceptors (Lipinski definition) is 3. The second-order valence-electron chi connectivity index (χ2n) is 4.35. The van der Waals surface area contributed by atoms with Crippen molar-refractivity contribution in [2.24, 2.45) is 0 Å². The molecule has 0 radical (unpaired) electrons. The molecule has 5 heteroatoms. The van der Waals surface area contributed by atoms with Crippen LogP contribution in [0.5, 0.6) is 0 Å². The first-order valence-corrected chi connectivity index (χ1v) is 6.80. The largest absolute Gasteiger partial charge is 0.398 e. The standard InChI is InChI=1S/C15H11BrFN3/c16-9-3-5-13(11(17)8-9)20-14-6-4-12(18)10-2-1-7-19-15(10)14/h1-8,20H,18H2. The fourth-order valence-corrected chi connectivity index (χ4v) is 2.36. The molecule has 3 rings (SSSR count). The summed E-state index contributed by atoms with van der Waals surface area (Å²) in [6.07, 6.45) is 1.69. The van der Waals surface area contributed by atoms with Gasteiger partial charge in [-0.1, -0.05) is 15.9 Å². The van der Waals surface area contributed by atoms with Crippen LogP contribution in [0.2, 0.25) is 0 Å². The molecule has 0 bridgehead atoms. The van der Waals surface area contributed by atoms with Gasteiger partial charge >= 0.3 is 0 Å². The van der Waals surface area contributed by atoms with Crippen molar-refractivity contribution in [3.8, 4) is 0 Å². The van der Waals surface area contributed by atoms with E-state index in [9.17, 15) is 4.39 Å². The van der Waals surface area contributed by atoms with Crippen LogP contribution in [0.3, 0.4) is 0 Å². The van der Waals surface area contributed by atoms with E-state index in [4.69, 9.17) is 5.73 Å². The lowest BCUT2D eigenvalue weighted by Gasteiger charge is -2.11. The van der Waals surface area contributed by atoms with Crippen molar-refractivity contribution in [3.05, 3.63) is 59.0 Å². The molecule has 0 aliphatic rings. The maximum atomic E-state index is 13.9. The van der Waals surface area contributed by atoms with Crippen LogP contribution in [0.25, 0.3) is 10.9 Å². The quantitative estimate of drug-likeness (QED) is 0.681. The Balaban J connectivity index is 2.09. The minimum atomic E-state index is -0.333. The Morgan fingerprint density at radius 1 is 1.10 bits per heavy atom. The van der Waals surface area contributed by atoms with Crippen LogP contribution in [0.4, 0.5) is 21.5 Å². The first kappa shape index (κ1) is 12.9. The third kappa shape index (κ3) is 2.32. The Morgan fingerprint density at radius 3 is 2.70 bits per heavy atom. The van der Waals surface area contributed by atoms with Crippen LogP contribution in [0, 0.1) is 5.82 Å². The zero-order valence-electron chi connectivity index (χ0n) is 10.4. The van der Waals surface area contributed by atoms with Gasteiger partial charge in [-0.2, -0.15) is 0 Å². The summed E-state index contributed by atoms with van der Waals surface area (Å²) < 4.78 is 14.6. The van der Waals surface area contributed by atoms with E-state index < -0.39 is 0 Å². The molecule has 0 amide bonds. The summed E-state index contributed by atoms with van der Waals surface area (Å²) in [5.41, 5.74) is 8.40. The molecular weight excluding hydrogens is 321 g/mol. The van der Waals surface area contributed by atoms with Gasteiger partial charge in [0.1, 0.15) is 5.82 Å².